The van der Waals surface area contributed by atoms with Crippen molar-refractivity contribution in [3.63, 3.8) is 0 Å². The lowest BCUT2D eigenvalue weighted by Crippen LogP contribution is -2.15. The van der Waals surface area contributed by atoms with Gasteiger partial charge in [0.15, 0.2) is 0 Å². The molecule has 0 spiro atoms. The van der Waals surface area contributed by atoms with Gasteiger partial charge in [0.2, 0.25) is 0 Å². The Morgan fingerprint density at radius 1 is 1.73 bits per heavy atom. The average Bonchev–Trinajstić information content (AvgIpc) is 2.52. The maximum atomic E-state index is 5.62. The molecule has 0 saturated heterocycles. The van der Waals surface area contributed by atoms with E-state index in [4.69, 9.17) is 5.73 Å². The fraction of sp³-hybridized carbons (Fsp3) is 0.333. The second-order valence-corrected chi connectivity index (χ2v) is 3.21. The SMILES string of the molecule is CCC(N)C#Cc1cccs1. The lowest BCUT2D eigenvalue weighted by molar-refractivity contribution is 0.806. The van der Waals surface area contributed by atoms with E-state index in [1.165, 1.54) is 0 Å². The van der Waals surface area contributed by atoms with Crippen molar-refractivity contribution in [2.75, 3.05) is 0 Å². The fourth-order valence-electron chi connectivity index (χ4n) is 0.616. The number of rotatable bonds is 1. The Labute approximate surface area is 71.2 Å². The first-order chi connectivity index (χ1) is 5.33. The average molecular weight is 165 g/mol. The van der Waals surface area contributed by atoms with Crippen LogP contribution in [0.4, 0.5) is 0 Å². The quantitative estimate of drug-likeness (QED) is 0.631. The van der Waals surface area contributed by atoms with Crippen LogP contribution in [0.25, 0.3) is 0 Å². The first kappa shape index (κ1) is 8.32. The van der Waals surface area contributed by atoms with E-state index in [9.17, 15) is 0 Å². The summed E-state index contributed by atoms with van der Waals surface area (Å²) in [7, 11) is 0. The van der Waals surface area contributed by atoms with Gasteiger partial charge in [-0.15, -0.1) is 11.3 Å². The Morgan fingerprint density at radius 2 is 2.55 bits per heavy atom. The van der Waals surface area contributed by atoms with Crippen molar-refractivity contribution < 1.29 is 0 Å². The molecule has 1 unspecified atom stereocenters. The highest BCUT2D eigenvalue weighted by Gasteiger charge is 1.89. The number of thiophene rings is 1. The highest BCUT2D eigenvalue weighted by Crippen LogP contribution is 2.05. The van der Waals surface area contributed by atoms with Gasteiger partial charge in [0.05, 0.1) is 10.9 Å². The van der Waals surface area contributed by atoms with Crippen LogP contribution in [0.15, 0.2) is 17.5 Å². The van der Waals surface area contributed by atoms with Gasteiger partial charge in [-0.3, -0.25) is 0 Å². The minimum absolute atomic E-state index is 0.0251. The third-order valence-corrected chi connectivity index (χ3v) is 2.13. The topological polar surface area (TPSA) is 26.0 Å². The van der Waals surface area contributed by atoms with Crippen molar-refractivity contribution >= 4 is 11.3 Å². The Morgan fingerprint density at radius 3 is 3.09 bits per heavy atom. The molecule has 1 rings (SSSR count). The molecule has 0 bridgehead atoms. The number of hydrogen-bond donors (Lipinski definition) is 1. The van der Waals surface area contributed by atoms with Crippen LogP contribution >= 0.6 is 11.3 Å². The molecule has 11 heavy (non-hydrogen) atoms. The molecular weight excluding hydrogens is 154 g/mol. The van der Waals surface area contributed by atoms with Crippen LogP contribution in [-0.2, 0) is 0 Å². The van der Waals surface area contributed by atoms with E-state index in [0.717, 1.165) is 11.3 Å². The second-order valence-electron chi connectivity index (χ2n) is 2.26. The van der Waals surface area contributed by atoms with Crippen molar-refractivity contribution in [2.24, 2.45) is 5.73 Å². The van der Waals surface area contributed by atoms with E-state index >= 15 is 0 Å². The van der Waals surface area contributed by atoms with E-state index in [1.54, 1.807) is 11.3 Å². The van der Waals surface area contributed by atoms with Gasteiger partial charge in [-0.1, -0.05) is 24.8 Å². The molecule has 0 saturated carbocycles. The molecule has 0 aliphatic carbocycles. The van der Waals surface area contributed by atoms with Gasteiger partial charge in [-0.2, -0.15) is 0 Å². The molecule has 0 amide bonds. The molecule has 1 nitrogen and oxygen atoms in total. The predicted molar refractivity (Wildman–Crippen MR) is 49.5 cm³/mol. The minimum Gasteiger partial charge on any atom is -0.318 e. The van der Waals surface area contributed by atoms with Crippen molar-refractivity contribution in [2.45, 2.75) is 19.4 Å². The highest BCUT2D eigenvalue weighted by atomic mass is 32.1. The summed E-state index contributed by atoms with van der Waals surface area (Å²) < 4.78 is 0. The highest BCUT2D eigenvalue weighted by molar-refractivity contribution is 7.10. The molecule has 0 aliphatic heterocycles. The molecule has 2 heteroatoms. The maximum absolute atomic E-state index is 5.62. The summed E-state index contributed by atoms with van der Waals surface area (Å²) in [6.07, 6.45) is 0.915. The van der Waals surface area contributed by atoms with Gasteiger partial charge in [-0.05, 0) is 17.9 Å². The van der Waals surface area contributed by atoms with Crippen LogP contribution in [0.2, 0.25) is 0 Å². The monoisotopic (exact) mass is 165 g/mol. The summed E-state index contributed by atoms with van der Waals surface area (Å²) in [5, 5.41) is 2.02. The Kier molecular flexibility index (Phi) is 3.15. The lowest BCUT2D eigenvalue weighted by atomic mass is 10.2. The number of nitrogens with two attached hydrogens (primary N) is 1. The standard InChI is InChI=1S/C9H11NS/c1-2-8(10)5-6-9-4-3-7-11-9/h3-4,7-8H,2,10H2,1H3. The van der Waals surface area contributed by atoms with E-state index in [0.29, 0.717) is 0 Å². The molecule has 58 valence electrons. The van der Waals surface area contributed by atoms with Crippen LogP contribution in [0, 0.1) is 11.8 Å². The largest absolute Gasteiger partial charge is 0.318 e. The summed E-state index contributed by atoms with van der Waals surface area (Å²) in [5.74, 6) is 5.99. The molecule has 0 fully saturated rings. The minimum atomic E-state index is 0.0251. The molecule has 0 radical (unpaired) electrons. The molecule has 1 heterocycles. The van der Waals surface area contributed by atoms with Crippen LogP contribution in [-0.4, -0.2) is 6.04 Å². The molecular formula is C9H11NS. The zero-order chi connectivity index (χ0) is 8.10. The van der Waals surface area contributed by atoms with Crippen molar-refractivity contribution in [1.82, 2.24) is 0 Å². The van der Waals surface area contributed by atoms with E-state index < -0.39 is 0 Å². The summed E-state index contributed by atoms with van der Waals surface area (Å²) in [6.45, 7) is 2.04. The Balaban J connectivity index is 2.58. The first-order valence-corrected chi connectivity index (χ1v) is 4.51. The summed E-state index contributed by atoms with van der Waals surface area (Å²) >= 11 is 1.65. The van der Waals surface area contributed by atoms with Crippen LogP contribution in [0.5, 0.6) is 0 Å². The second kappa shape index (κ2) is 4.17. The Hall–Kier alpha value is -0.780. The van der Waals surface area contributed by atoms with Gasteiger partial charge in [0.1, 0.15) is 0 Å². The van der Waals surface area contributed by atoms with E-state index in [-0.39, 0.29) is 6.04 Å². The zero-order valence-electron chi connectivity index (χ0n) is 6.50. The third-order valence-electron chi connectivity index (χ3n) is 1.34. The normalized spacial score (nSPS) is 11.8. The number of hydrogen-bond acceptors (Lipinski definition) is 2. The van der Waals surface area contributed by atoms with Gasteiger partial charge < -0.3 is 5.73 Å². The van der Waals surface area contributed by atoms with Crippen molar-refractivity contribution in [1.29, 1.82) is 0 Å². The maximum Gasteiger partial charge on any atom is 0.0768 e. The lowest BCUT2D eigenvalue weighted by Gasteiger charge is -1.93. The zero-order valence-corrected chi connectivity index (χ0v) is 7.32. The summed E-state index contributed by atoms with van der Waals surface area (Å²) in [6, 6.07) is 4.02. The van der Waals surface area contributed by atoms with Gasteiger partial charge in [0.25, 0.3) is 0 Å². The fourth-order valence-corrected chi connectivity index (χ4v) is 1.19. The molecule has 0 aliphatic rings. The predicted octanol–water partition coefficient (Wildman–Crippen LogP) is 1.84. The Bertz CT molecular complexity index is 253. The molecule has 0 aromatic carbocycles. The van der Waals surface area contributed by atoms with Crippen LogP contribution < -0.4 is 5.73 Å². The van der Waals surface area contributed by atoms with Crippen molar-refractivity contribution in [3.8, 4) is 11.8 Å². The summed E-state index contributed by atoms with van der Waals surface area (Å²) in [4.78, 5) is 1.09. The molecule has 1 atom stereocenters. The van der Waals surface area contributed by atoms with Gasteiger partial charge >= 0.3 is 0 Å². The van der Waals surface area contributed by atoms with E-state index in [2.05, 4.69) is 11.8 Å². The first-order valence-electron chi connectivity index (χ1n) is 3.63. The van der Waals surface area contributed by atoms with Crippen LogP contribution in [0.1, 0.15) is 18.2 Å². The molecule has 1 aromatic heterocycles. The van der Waals surface area contributed by atoms with E-state index in [1.807, 2.05) is 24.4 Å². The molecule has 1 aromatic rings. The summed E-state index contributed by atoms with van der Waals surface area (Å²) in [5.41, 5.74) is 5.62. The molecule has 2 N–H and O–H groups in total. The van der Waals surface area contributed by atoms with Crippen molar-refractivity contribution in [3.05, 3.63) is 22.4 Å². The van der Waals surface area contributed by atoms with Crippen LogP contribution in [0.3, 0.4) is 0 Å². The van der Waals surface area contributed by atoms with Gasteiger partial charge in [0, 0.05) is 0 Å². The third kappa shape index (κ3) is 2.75. The van der Waals surface area contributed by atoms with Gasteiger partial charge in [-0.25, -0.2) is 0 Å². The smallest absolute Gasteiger partial charge is 0.0768 e.